The molecular formula is C17H24N2O4. The molecule has 6 heteroatoms. The second-order valence-corrected chi connectivity index (χ2v) is 6.79. The van der Waals surface area contributed by atoms with Crippen LogP contribution in [0.4, 0.5) is 10.5 Å². The minimum Gasteiger partial charge on any atom is -0.478 e. The van der Waals surface area contributed by atoms with Gasteiger partial charge in [-0.05, 0) is 51.8 Å². The molecule has 6 nitrogen and oxygen atoms in total. The fourth-order valence-electron chi connectivity index (χ4n) is 2.64. The van der Waals surface area contributed by atoms with E-state index in [9.17, 15) is 9.59 Å². The number of rotatable bonds is 3. The van der Waals surface area contributed by atoms with Crippen LogP contribution < -0.4 is 10.2 Å². The van der Waals surface area contributed by atoms with E-state index in [4.69, 9.17) is 9.84 Å². The summed E-state index contributed by atoms with van der Waals surface area (Å²) in [6, 6.07) is 6.86. The molecule has 1 aliphatic rings. The summed E-state index contributed by atoms with van der Waals surface area (Å²) < 4.78 is 5.29. The van der Waals surface area contributed by atoms with Crippen molar-refractivity contribution in [2.75, 3.05) is 18.0 Å². The molecule has 0 saturated carbocycles. The van der Waals surface area contributed by atoms with Crippen LogP contribution in [0.3, 0.4) is 0 Å². The first kappa shape index (κ1) is 17.1. The molecule has 1 fully saturated rings. The molecule has 0 bridgehead atoms. The van der Waals surface area contributed by atoms with Crippen LogP contribution in [0.2, 0.25) is 0 Å². The summed E-state index contributed by atoms with van der Waals surface area (Å²) in [5.41, 5.74) is 0.610. The number of amides is 1. The maximum atomic E-state index is 11.9. The number of anilines is 1. The number of hydrogen-bond donors (Lipinski definition) is 2. The van der Waals surface area contributed by atoms with Crippen molar-refractivity contribution in [2.24, 2.45) is 0 Å². The van der Waals surface area contributed by atoms with Crippen molar-refractivity contribution in [3.63, 3.8) is 0 Å². The van der Waals surface area contributed by atoms with Gasteiger partial charge in [0.15, 0.2) is 0 Å². The van der Waals surface area contributed by atoms with Gasteiger partial charge in [-0.3, -0.25) is 0 Å². The third-order valence-electron chi connectivity index (χ3n) is 3.60. The second-order valence-electron chi connectivity index (χ2n) is 6.79. The monoisotopic (exact) mass is 320 g/mol. The molecule has 1 aliphatic heterocycles. The number of ether oxygens (including phenoxy) is 1. The number of alkyl carbamates (subject to hydrolysis) is 1. The third-order valence-corrected chi connectivity index (χ3v) is 3.60. The van der Waals surface area contributed by atoms with Crippen molar-refractivity contribution >= 4 is 17.7 Å². The molecule has 0 spiro atoms. The molecular weight excluding hydrogens is 296 g/mol. The Morgan fingerprint density at radius 2 is 2.09 bits per heavy atom. The van der Waals surface area contributed by atoms with Gasteiger partial charge >= 0.3 is 12.1 Å². The first-order chi connectivity index (χ1) is 10.7. The van der Waals surface area contributed by atoms with E-state index >= 15 is 0 Å². The van der Waals surface area contributed by atoms with Crippen molar-refractivity contribution in [3.8, 4) is 0 Å². The lowest BCUT2D eigenvalue weighted by Gasteiger charge is -2.35. The van der Waals surface area contributed by atoms with Crippen molar-refractivity contribution < 1.29 is 19.4 Å². The lowest BCUT2D eigenvalue weighted by molar-refractivity contribution is 0.0499. The fourth-order valence-corrected chi connectivity index (χ4v) is 2.64. The molecule has 0 aromatic heterocycles. The number of hydrogen-bond acceptors (Lipinski definition) is 4. The molecule has 1 saturated heterocycles. The molecule has 1 heterocycles. The smallest absolute Gasteiger partial charge is 0.407 e. The number of benzene rings is 1. The van der Waals surface area contributed by atoms with Crippen molar-refractivity contribution in [1.29, 1.82) is 0 Å². The Labute approximate surface area is 136 Å². The van der Waals surface area contributed by atoms with Gasteiger partial charge in [0.25, 0.3) is 0 Å². The van der Waals surface area contributed by atoms with Gasteiger partial charge in [0.2, 0.25) is 0 Å². The zero-order valence-corrected chi connectivity index (χ0v) is 13.8. The molecule has 0 aliphatic carbocycles. The SMILES string of the molecule is CC(C)(C)OC(=O)N[C@H]1CCCN(c2cccc(C(=O)O)c2)C1. The van der Waals surface area contributed by atoms with E-state index < -0.39 is 17.7 Å². The Bertz CT molecular complexity index is 580. The predicted molar refractivity (Wildman–Crippen MR) is 88.0 cm³/mol. The topological polar surface area (TPSA) is 78.9 Å². The Kier molecular flexibility index (Phi) is 5.13. The quantitative estimate of drug-likeness (QED) is 0.895. The van der Waals surface area contributed by atoms with Crippen LogP contribution >= 0.6 is 0 Å². The first-order valence-corrected chi connectivity index (χ1v) is 7.82. The maximum absolute atomic E-state index is 11.9. The highest BCUT2D eigenvalue weighted by molar-refractivity contribution is 5.88. The predicted octanol–water partition coefficient (Wildman–Crippen LogP) is 2.88. The van der Waals surface area contributed by atoms with Crippen LogP contribution in [-0.4, -0.2) is 41.9 Å². The highest BCUT2D eigenvalue weighted by Gasteiger charge is 2.24. The van der Waals surface area contributed by atoms with E-state index in [-0.39, 0.29) is 11.6 Å². The molecule has 0 radical (unpaired) electrons. The second kappa shape index (κ2) is 6.89. The average Bonchev–Trinajstić information content (AvgIpc) is 2.45. The van der Waals surface area contributed by atoms with E-state index in [0.29, 0.717) is 6.54 Å². The summed E-state index contributed by atoms with van der Waals surface area (Å²) in [4.78, 5) is 25.1. The molecule has 1 aromatic carbocycles. The van der Waals surface area contributed by atoms with Crippen LogP contribution in [-0.2, 0) is 4.74 Å². The van der Waals surface area contributed by atoms with Crippen LogP contribution in [0.5, 0.6) is 0 Å². The Morgan fingerprint density at radius 3 is 2.74 bits per heavy atom. The summed E-state index contributed by atoms with van der Waals surface area (Å²) in [5, 5.41) is 12.0. The lowest BCUT2D eigenvalue weighted by Crippen LogP contribution is -2.49. The maximum Gasteiger partial charge on any atom is 0.407 e. The molecule has 0 unspecified atom stereocenters. The Morgan fingerprint density at radius 1 is 1.35 bits per heavy atom. The molecule has 2 N–H and O–H groups in total. The Balaban J connectivity index is 1.99. The standard InChI is InChI=1S/C17H24N2O4/c1-17(2,3)23-16(22)18-13-7-5-9-19(11-13)14-8-4-6-12(10-14)15(20)21/h4,6,8,10,13H,5,7,9,11H2,1-3H3,(H,18,22)(H,20,21)/t13-/m0/s1. The minimum atomic E-state index is -0.938. The highest BCUT2D eigenvalue weighted by Crippen LogP contribution is 2.21. The van der Waals surface area contributed by atoms with Gasteiger partial charge in [-0.15, -0.1) is 0 Å². The molecule has 126 valence electrons. The zero-order chi connectivity index (χ0) is 17.0. The fraction of sp³-hybridized carbons (Fsp3) is 0.529. The number of nitrogens with zero attached hydrogens (tertiary/aromatic N) is 1. The molecule has 1 aromatic rings. The zero-order valence-electron chi connectivity index (χ0n) is 13.8. The van der Waals surface area contributed by atoms with Crippen LogP contribution in [0.1, 0.15) is 44.0 Å². The van der Waals surface area contributed by atoms with Crippen molar-refractivity contribution in [3.05, 3.63) is 29.8 Å². The number of carbonyl (C=O) groups excluding carboxylic acids is 1. The summed E-state index contributed by atoms with van der Waals surface area (Å²) in [7, 11) is 0. The number of nitrogens with one attached hydrogen (secondary N) is 1. The Hall–Kier alpha value is -2.24. The first-order valence-electron chi connectivity index (χ1n) is 7.82. The number of aromatic carboxylic acids is 1. The summed E-state index contributed by atoms with van der Waals surface area (Å²) in [5.74, 6) is -0.938. The van der Waals surface area contributed by atoms with Gasteiger partial charge in [-0.2, -0.15) is 0 Å². The summed E-state index contributed by atoms with van der Waals surface area (Å²) in [6.07, 6.45) is 1.40. The van der Waals surface area contributed by atoms with E-state index in [1.54, 1.807) is 18.2 Å². The van der Waals surface area contributed by atoms with E-state index in [1.807, 2.05) is 26.8 Å². The van der Waals surface area contributed by atoms with Crippen molar-refractivity contribution in [1.82, 2.24) is 5.32 Å². The average molecular weight is 320 g/mol. The molecule has 1 atom stereocenters. The molecule has 23 heavy (non-hydrogen) atoms. The van der Waals surface area contributed by atoms with Gasteiger partial charge < -0.3 is 20.1 Å². The van der Waals surface area contributed by atoms with Gasteiger partial charge in [0, 0.05) is 24.8 Å². The van der Waals surface area contributed by atoms with Gasteiger partial charge in [-0.25, -0.2) is 9.59 Å². The van der Waals surface area contributed by atoms with Gasteiger partial charge in [-0.1, -0.05) is 6.07 Å². The van der Waals surface area contributed by atoms with Crippen molar-refractivity contribution in [2.45, 2.75) is 45.3 Å². The van der Waals surface area contributed by atoms with Gasteiger partial charge in [0.05, 0.1) is 5.56 Å². The summed E-state index contributed by atoms with van der Waals surface area (Å²) >= 11 is 0. The van der Waals surface area contributed by atoms with Gasteiger partial charge in [0.1, 0.15) is 5.60 Å². The van der Waals surface area contributed by atoms with E-state index in [0.717, 1.165) is 25.1 Å². The highest BCUT2D eigenvalue weighted by atomic mass is 16.6. The summed E-state index contributed by atoms with van der Waals surface area (Å²) in [6.45, 7) is 6.98. The molecule has 1 amide bonds. The third kappa shape index (κ3) is 5.16. The lowest BCUT2D eigenvalue weighted by atomic mass is 10.0. The number of carboxylic acids is 1. The normalized spacial score (nSPS) is 18.4. The van der Waals surface area contributed by atoms with E-state index in [1.165, 1.54) is 0 Å². The van der Waals surface area contributed by atoms with Crippen LogP contribution in [0.25, 0.3) is 0 Å². The number of piperidine rings is 1. The van der Waals surface area contributed by atoms with E-state index in [2.05, 4.69) is 10.2 Å². The molecule has 2 rings (SSSR count). The largest absolute Gasteiger partial charge is 0.478 e. The number of carboxylic acid groups (broad SMARTS) is 1. The van der Waals surface area contributed by atoms with Crippen LogP contribution in [0.15, 0.2) is 24.3 Å². The van der Waals surface area contributed by atoms with Crippen LogP contribution in [0, 0.1) is 0 Å². The number of carbonyl (C=O) groups is 2. The minimum absolute atomic E-state index is 0.00733.